The fourth-order valence-corrected chi connectivity index (χ4v) is 2.44. The molecular weight excluding hydrogens is 258 g/mol. The molecule has 0 amide bonds. The first-order valence-corrected chi connectivity index (χ1v) is 6.75. The summed E-state index contributed by atoms with van der Waals surface area (Å²) in [6.45, 7) is 4.97. The molecular formula is C15H18ClN3. The molecule has 3 nitrogen and oxygen atoms in total. The fourth-order valence-electron chi connectivity index (χ4n) is 2.17. The van der Waals surface area contributed by atoms with Crippen molar-refractivity contribution in [3.05, 3.63) is 52.4 Å². The van der Waals surface area contributed by atoms with Gasteiger partial charge < -0.3 is 4.90 Å². The average Bonchev–Trinajstić information content (AvgIpc) is 2.38. The Labute approximate surface area is 119 Å². The standard InChI is InChI=1S/C15H18ClN3/c1-4-13-14(16)17-10-18-15(13)19(3)9-12-7-5-6-11(2)8-12/h5-8,10H,4,9H2,1-3H3. The maximum atomic E-state index is 6.12. The van der Waals surface area contributed by atoms with Gasteiger partial charge in [0.05, 0.1) is 0 Å². The van der Waals surface area contributed by atoms with E-state index in [9.17, 15) is 0 Å². The Morgan fingerprint density at radius 1 is 1.26 bits per heavy atom. The number of anilines is 1. The highest BCUT2D eigenvalue weighted by atomic mass is 35.5. The maximum Gasteiger partial charge on any atom is 0.137 e. The van der Waals surface area contributed by atoms with Gasteiger partial charge in [-0.15, -0.1) is 0 Å². The predicted octanol–water partition coefficient (Wildman–Crippen LogP) is 3.64. The minimum absolute atomic E-state index is 0.545. The van der Waals surface area contributed by atoms with Crippen LogP contribution in [0.1, 0.15) is 23.6 Å². The molecule has 0 saturated heterocycles. The molecule has 2 aromatic rings. The van der Waals surface area contributed by atoms with Crippen molar-refractivity contribution in [1.82, 2.24) is 9.97 Å². The number of nitrogens with zero attached hydrogens (tertiary/aromatic N) is 3. The third-order valence-corrected chi connectivity index (χ3v) is 3.41. The molecule has 2 rings (SSSR count). The van der Waals surface area contributed by atoms with Gasteiger partial charge in [-0.1, -0.05) is 48.4 Å². The molecule has 1 aromatic carbocycles. The lowest BCUT2D eigenvalue weighted by Gasteiger charge is -2.21. The van der Waals surface area contributed by atoms with Gasteiger partial charge in [0.25, 0.3) is 0 Å². The molecule has 100 valence electrons. The van der Waals surface area contributed by atoms with Gasteiger partial charge in [0, 0.05) is 19.2 Å². The minimum Gasteiger partial charge on any atom is -0.355 e. The molecule has 1 aromatic heterocycles. The average molecular weight is 276 g/mol. The van der Waals surface area contributed by atoms with E-state index in [-0.39, 0.29) is 0 Å². The normalized spacial score (nSPS) is 10.5. The molecule has 0 bridgehead atoms. The van der Waals surface area contributed by atoms with Crippen molar-refractivity contribution in [2.24, 2.45) is 0 Å². The smallest absolute Gasteiger partial charge is 0.137 e. The molecule has 4 heteroatoms. The number of aryl methyl sites for hydroxylation is 1. The van der Waals surface area contributed by atoms with Crippen molar-refractivity contribution in [2.75, 3.05) is 11.9 Å². The van der Waals surface area contributed by atoms with E-state index < -0.39 is 0 Å². The van der Waals surface area contributed by atoms with Crippen LogP contribution in [0, 0.1) is 6.92 Å². The van der Waals surface area contributed by atoms with Crippen molar-refractivity contribution >= 4 is 17.4 Å². The number of hydrogen-bond acceptors (Lipinski definition) is 3. The van der Waals surface area contributed by atoms with E-state index in [0.29, 0.717) is 5.15 Å². The van der Waals surface area contributed by atoms with Crippen molar-refractivity contribution in [2.45, 2.75) is 26.8 Å². The second-order valence-corrected chi connectivity index (χ2v) is 5.02. The van der Waals surface area contributed by atoms with Gasteiger partial charge in [0.1, 0.15) is 17.3 Å². The summed E-state index contributed by atoms with van der Waals surface area (Å²) in [7, 11) is 2.03. The molecule has 0 aliphatic carbocycles. The number of halogens is 1. The van der Waals surface area contributed by atoms with Gasteiger partial charge in [-0.05, 0) is 18.9 Å². The maximum absolute atomic E-state index is 6.12. The molecule has 0 N–H and O–H groups in total. The summed E-state index contributed by atoms with van der Waals surface area (Å²) >= 11 is 6.12. The van der Waals surface area contributed by atoms with E-state index in [2.05, 4.69) is 53.0 Å². The summed E-state index contributed by atoms with van der Waals surface area (Å²) in [6, 6.07) is 8.48. The molecule has 1 heterocycles. The number of hydrogen-bond donors (Lipinski definition) is 0. The fraction of sp³-hybridized carbons (Fsp3) is 0.333. The monoisotopic (exact) mass is 275 g/mol. The van der Waals surface area contributed by atoms with Gasteiger partial charge in [0.2, 0.25) is 0 Å². The summed E-state index contributed by atoms with van der Waals surface area (Å²) in [5.41, 5.74) is 3.53. The lowest BCUT2D eigenvalue weighted by atomic mass is 10.1. The van der Waals surface area contributed by atoms with Crippen molar-refractivity contribution < 1.29 is 0 Å². The Morgan fingerprint density at radius 2 is 2.05 bits per heavy atom. The Kier molecular flexibility index (Phi) is 4.38. The quantitative estimate of drug-likeness (QED) is 0.798. The van der Waals surface area contributed by atoms with Crippen LogP contribution in [-0.4, -0.2) is 17.0 Å². The van der Waals surface area contributed by atoms with Crippen LogP contribution in [0.2, 0.25) is 5.15 Å². The SMILES string of the molecule is CCc1c(Cl)ncnc1N(C)Cc1cccc(C)c1. The van der Waals surface area contributed by atoms with Crippen LogP contribution in [0.25, 0.3) is 0 Å². The van der Waals surface area contributed by atoms with Crippen molar-refractivity contribution in [3.8, 4) is 0 Å². The lowest BCUT2D eigenvalue weighted by Crippen LogP contribution is -2.19. The summed E-state index contributed by atoms with van der Waals surface area (Å²) in [6.07, 6.45) is 2.34. The third kappa shape index (κ3) is 3.24. The zero-order valence-corrected chi connectivity index (χ0v) is 12.3. The largest absolute Gasteiger partial charge is 0.355 e. The Balaban J connectivity index is 2.25. The Morgan fingerprint density at radius 3 is 2.74 bits per heavy atom. The molecule has 0 spiro atoms. The Hall–Kier alpha value is -1.61. The van der Waals surface area contributed by atoms with Crippen LogP contribution in [0.4, 0.5) is 5.82 Å². The van der Waals surface area contributed by atoms with Crippen LogP contribution in [-0.2, 0) is 13.0 Å². The van der Waals surface area contributed by atoms with Crippen LogP contribution in [0.15, 0.2) is 30.6 Å². The van der Waals surface area contributed by atoms with Crippen LogP contribution in [0.3, 0.4) is 0 Å². The molecule has 0 aliphatic rings. The first-order chi connectivity index (χ1) is 9.11. The number of aromatic nitrogens is 2. The van der Waals surface area contributed by atoms with Gasteiger partial charge >= 0.3 is 0 Å². The molecule has 0 aliphatic heterocycles. The lowest BCUT2D eigenvalue weighted by molar-refractivity contribution is 0.869. The van der Waals surface area contributed by atoms with E-state index >= 15 is 0 Å². The summed E-state index contributed by atoms with van der Waals surface area (Å²) in [5, 5.41) is 0.545. The van der Waals surface area contributed by atoms with E-state index in [0.717, 1.165) is 24.3 Å². The van der Waals surface area contributed by atoms with Gasteiger partial charge in [0.15, 0.2) is 0 Å². The second-order valence-electron chi connectivity index (χ2n) is 4.67. The van der Waals surface area contributed by atoms with E-state index in [4.69, 9.17) is 11.6 Å². The number of rotatable bonds is 4. The highest BCUT2D eigenvalue weighted by Gasteiger charge is 2.12. The van der Waals surface area contributed by atoms with Gasteiger partial charge in [-0.25, -0.2) is 9.97 Å². The zero-order valence-electron chi connectivity index (χ0n) is 11.5. The van der Waals surface area contributed by atoms with Gasteiger partial charge in [-0.3, -0.25) is 0 Å². The first-order valence-electron chi connectivity index (χ1n) is 6.38. The van der Waals surface area contributed by atoms with E-state index in [1.54, 1.807) is 0 Å². The molecule has 0 radical (unpaired) electrons. The van der Waals surface area contributed by atoms with E-state index in [1.165, 1.54) is 17.5 Å². The summed E-state index contributed by atoms with van der Waals surface area (Å²) in [5.74, 6) is 0.906. The van der Waals surface area contributed by atoms with Crippen molar-refractivity contribution in [1.29, 1.82) is 0 Å². The van der Waals surface area contributed by atoms with Crippen molar-refractivity contribution in [3.63, 3.8) is 0 Å². The molecule has 0 fully saturated rings. The number of benzene rings is 1. The zero-order chi connectivity index (χ0) is 13.8. The van der Waals surface area contributed by atoms with Crippen LogP contribution >= 0.6 is 11.6 Å². The highest BCUT2D eigenvalue weighted by molar-refractivity contribution is 6.30. The third-order valence-electron chi connectivity index (χ3n) is 3.09. The predicted molar refractivity (Wildman–Crippen MR) is 79.7 cm³/mol. The molecule has 0 saturated carbocycles. The second kappa shape index (κ2) is 6.02. The molecule has 0 atom stereocenters. The van der Waals surface area contributed by atoms with Crippen LogP contribution < -0.4 is 4.90 Å². The molecule has 19 heavy (non-hydrogen) atoms. The molecule has 0 unspecified atom stereocenters. The highest BCUT2D eigenvalue weighted by Crippen LogP contribution is 2.24. The first kappa shape index (κ1) is 13.8. The topological polar surface area (TPSA) is 29.0 Å². The Bertz CT molecular complexity index is 569. The summed E-state index contributed by atoms with van der Waals surface area (Å²) < 4.78 is 0. The summed E-state index contributed by atoms with van der Waals surface area (Å²) in [4.78, 5) is 10.5. The van der Waals surface area contributed by atoms with Gasteiger partial charge in [-0.2, -0.15) is 0 Å². The van der Waals surface area contributed by atoms with E-state index in [1.807, 2.05) is 7.05 Å². The van der Waals surface area contributed by atoms with Crippen LogP contribution in [0.5, 0.6) is 0 Å². The minimum atomic E-state index is 0.545.